The monoisotopic (exact) mass is 575 g/mol. The van der Waals surface area contributed by atoms with Crippen molar-refractivity contribution in [1.29, 1.82) is 0 Å². The van der Waals surface area contributed by atoms with Crippen molar-refractivity contribution in [1.82, 2.24) is 24.1 Å². The van der Waals surface area contributed by atoms with Crippen molar-refractivity contribution in [3.8, 4) is 5.69 Å². The maximum atomic E-state index is 15.1. The summed E-state index contributed by atoms with van der Waals surface area (Å²) < 4.78 is 17.1. The van der Waals surface area contributed by atoms with Crippen molar-refractivity contribution in [2.45, 2.75) is 19.9 Å². The fourth-order valence-corrected chi connectivity index (χ4v) is 5.39. The summed E-state index contributed by atoms with van der Waals surface area (Å²) in [7, 11) is 0. The molecular weight excluding hydrogens is 557 g/mol. The van der Waals surface area contributed by atoms with Gasteiger partial charge in [-0.05, 0) is 53.9 Å². The zero-order valence-corrected chi connectivity index (χ0v) is 21.9. The zero-order valence-electron chi connectivity index (χ0n) is 21.2. The summed E-state index contributed by atoms with van der Waals surface area (Å²) in [6.45, 7) is 1.43. The van der Waals surface area contributed by atoms with E-state index in [-0.39, 0.29) is 67.5 Å². The maximum absolute atomic E-state index is 15.1. The quantitative estimate of drug-likeness (QED) is 0.246. The van der Waals surface area contributed by atoms with Crippen LogP contribution in [0.4, 0.5) is 4.39 Å². The molecule has 0 spiro atoms. The number of benzene rings is 3. The number of nitrogens with one attached hydrogen (secondary N) is 3. The van der Waals surface area contributed by atoms with E-state index in [2.05, 4.69) is 15.0 Å². The summed E-state index contributed by atoms with van der Waals surface area (Å²) in [5.41, 5.74) is -2.73. The molecule has 206 valence electrons. The number of aromatic carboxylic acids is 1. The molecule has 3 aromatic carbocycles. The van der Waals surface area contributed by atoms with Crippen LogP contribution in [0.3, 0.4) is 0 Å². The fourth-order valence-electron chi connectivity index (χ4n) is 5.17. The van der Waals surface area contributed by atoms with E-state index in [4.69, 9.17) is 11.6 Å². The van der Waals surface area contributed by atoms with Crippen LogP contribution in [-0.4, -0.2) is 35.2 Å². The number of halogens is 2. The molecule has 3 aromatic heterocycles. The third kappa shape index (κ3) is 4.07. The van der Waals surface area contributed by atoms with Gasteiger partial charge in [-0.2, -0.15) is 0 Å². The molecule has 3 heterocycles. The largest absolute Gasteiger partial charge is 0.477 e. The number of H-pyrrole nitrogens is 3. The lowest BCUT2D eigenvalue weighted by atomic mass is 10.1. The number of nitrogens with zero attached hydrogens (tertiary/aromatic N) is 2. The minimum atomic E-state index is -1.49. The first-order valence-corrected chi connectivity index (χ1v) is 12.7. The van der Waals surface area contributed by atoms with Crippen molar-refractivity contribution in [3.63, 3.8) is 0 Å². The predicted octanol–water partition coefficient (Wildman–Crippen LogP) is 3.26. The van der Waals surface area contributed by atoms with E-state index in [0.717, 1.165) is 10.6 Å². The number of rotatable bonds is 5. The van der Waals surface area contributed by atoms with Crippen LogP contribution in [0.1, 0.15) is 28.5 Å². The van der Waals surface area contributed by atoms with Gasteiger partial charge < -0.3 is 19.6 Å². The molecule has 0 aliphatic heterocycles. The molecule has 0 unspecified atom stereocenters. The summed E-state index contributed by atoms with van der Waals surface area (Å²) in [5.74, 6) is -2.10. The van der Waals surface area contributed by atoms with Gasteiger partial charge in [0.15, 0.2) is 5.69 Å². The lowest BCUT2D eigenvalue weighted by Crippen LogP contribution is -2.34. The van der Waals surface area contributed by atoms with Gasteiger partial charge in [0, 0.05) is 17.0 Å². The van der Waals surface area contributed by atoms with Gasteiger partial charge >= 0.3 is 17.3 Å². The Labute approximate surface area is 232 Å². The Morgan fingerprint density at radius 1 is 0.927 bits per heavy atom. The first kappa shape index (κ1) is 26.0. The van der Waals surface area contributed by atoms with Crippen molar-refractivity contribution in [3.05, 3.63) is 118 Å². The topological polar surface area (TPSA) is 163 Å². The maximum Gasteiger partial charge on any atom is 0.354 e. The third-order valence-corrected chi connectivity index (χ3v) is 7.40. The van der Waals surface area contributed by atoms with Crippen LogP contribution in [-0.2, 0) is 13.0 Å². The molecule has 6 aromatic rings. The van der Waals surface area contributed by atoms with Crippen LogP contribution in [0.15, 0.2) is 67.7 Å². The van der Waals surface area contributed by atoms with E-state index >= 15 is 4.39 Å². The molecule has 13 heteroatoms. The number of aromatic amines is 3. The Morgan fingerprint density at radius 3 is 2.39 bits per heavy atom. The summed E-state index contributed by atoms with van der Waals surface area (Å²) in [5, 5.41) is 10.9. The van der Waals surface area contributed by atoms with Gasteiger partial charge in [-0.15, -0.1) is 0 Å². The molecule has 0 fully saturated rings. The molecule has 0 aliphatic rings. The molecule has 0 saturated carbocycles. The summed E-state index contributed by atoms with van der Waals surface area (Å²) in [4.78, 5) is 71.0. The Kier molecular flexibility index (Phi) is 6.00. The standard InChI is InChI=1S/C28H19ClFN5O6/c1-2-12-7-16-21(10-18(12)30)34(11-13-8-15-20(9-17(13)29)31-27(40)33-24(15)36)23(26(38)39)22(16)35-25(37)14-5-3-4-6-19(14)32-28(35)41/h3-10H,2,11H2,1H3,(H,32,41)(H,38,39)(H2,31,33,36,40). The lowest BCUT2D eigenvalue weighted by Gasteiger charge is -2.12. The summed E-state index contributed by atoms with van der Waals surface area (Å²) >= 11 is 6.48. The molecule has 0 bridgehead atoms. The van der Waals surface area contributed by atoms with Gasteiger partial charge in [0.05, 0.1) is 33.0 Å². The van der Waals surface area contributed by atoms with Gasteiger partial charge in [-0.25, -0.2) is 23.3 Å². The first-order chi connectivity index (χ1) is 19.6. The Balaban J connectivity index is 1.73. The number of fused-ring (bicyclic) bond motifs is 3. The summed E-state index contributed by atoms with van der Waals surface area (Å²) in [6.07, 6.45) is 0.259. The van der Waals surface area contributed by atoms with Crippen LogP contribution in [0.2, 0.25) is 5.02 Å². The van der Waals surface area contributed by atoms with Crippen LogP contribution < -0.4 is 22.5 Å². The first-order valence-electron chi connectivity index (χ1n) is 12.4. The smallest absolute Gasteiger partial charge is 0.354 e. The van der Waals surface area contributed by atoms with Gasteiger partial charge in [-0.3, -0.25) is 14.6 Å². The number of carboxylic acids is 1. The zero-order chi connectivity index (χ0) is 29.2. The average molecular weight is 576 g/mol. The number of aromatic nitrogens is 5. The molecule has 0 amide bonds. The highest BCUT2D eigenvalue weighted by Gasteiger charge is 2.28. The molecule has 11 nitrogen and oxygen atoms in total. The van der Waals surface area contributed by atoms with Gasteiger partial charge in [-0.1, -0.05) is 30.7 Å². The molecule has 4 N–H and O–H groups in total. The normalized spacial score (nSPS) is 11.6. The minimum absolute atomic E-state index is 0.0816. The Hall–Kier alpha value is -5.23. The van der Waals surface area contributed by atoms with Gasteiger partial charge in [0.2, 0.25) is 0 Å². The molecule has 6 rings (SSSR count). The molecular formula is C28H19ClFN5O6. The highest BCUT2D eigenvalue weighted by atomic mass is 35.5. The Bertz CT molecular complexity index is 2330. The van der Waals surface area contributed by atoms with E-state index in [1.165, 1.54) is 28.8 Å². The van der Waals surface area contributed by atoms with E-state index in [9.17, 15) is 29.1 Å². The number of hydrogen-bond acceptors (Lipinski definition) is 5. The molecule has 0 atom stereocenters. The third-order valence-electron chi connectivity index (χ3n) is 7.05. The lowest BCUT2D eigenvalue weighted by molar-refractivity contribution is 0.0686. The second kappa shape index (κ2) is 9.45. The van der Waals surface area contributed by atoms with Crippen LogP contribution in [0, 0.1) is 5.82 Å². The highest BCUT2D eigenvalue weighted by molar-refractivity contribution is 6.32. The molecule has 41 heavy (non-hydrogen) atoms. The second-order valence-electron chi connectivity index (χ2n) is 9.42. The molecule has 0 saturated heterocycles. The van der Waals surface area contributed by atoms with Gasteiger partial charge in [0.25, 0.3) is 11.1 Å². The highest BCUT2D eigenvalue weighted by Crippen LogP contribution is 2.33. The molecule has 0 radical (unpaired) electrons. The van der Waals surface area contributed by atoms with E-state index in [1.807, 2.05) is 0 Å². The number of carbonyl (C=O) groups is 1. The van der Waals surface area contributed by atoms with Gasteiger partial charge in [0.1, 0.15) is 5.82 Å². The Morgan fingerprint density at radius 2 is 1.66 bits per heavy atom. The average Bonchev–Trinajstić information content (AvgIpc) is 3.21. The van der Waals surface area contributed by atoms with Crippen molar-refractivity contribution in [2.24, 2.45) is 0 Å². The second-order valence-corrected chi connectivity index (χ2v) is 9.82. The van der Waals surface area contributed by atoms with Crippen molar-refractivity contribution >= 4 is 50.3 Å². The van der Waals surface area contributed by atoms with E-state index in [1.54, 1.807) is 25.1 Å². The number of para-hydroxylation sites is 1. The van der Waals surface area contributed by atoms with Crippen LogP contribution in [0.25, 0.3) is 38.4 Å². The SMILES string of the molecule is CCc1cc2c(-n3c(=O)[nH]c4ccccc4c3=O)c(C(=O)O)n(Cc3cc4c(=O)[nH]c(=O)[nH]c4cc3Cl)c2cc1F. The predicted molar refractivity (Wildman–Crippen MR) is 151 cm³/mol. The van der Waals surface area contributed by atoms with Crippen LogP contribution in [0.5, 0.6) is 0 Å². The number of hydrogen-bond donors (Lipinski definition) is 4. The van der Waals surface area contributed by atoms with Crippen molar-refractivity contribution in [2.75, 3.05) is 0 Å². The van der Waals surface area contributed by atoms with E-state index < -0.39 is 40.0 Å². The van der Waals surface area contributed by atoms with Crippen LogP contribution >= 0.6 is 11.6 Å². The minimum Gasteiger partial charge on any atom is -0.477 e. The fraction of sp³-hybridized carbons (Fsp3) is 0.107. The number of aryl methyl sites for hydroxylation is 1. The van der Waals surface area contributed by atoms with E-state index in [0.29, 0.717) is 0 Å². The summed E-state index contributed by atoms with van der Waals surface area (Å²) in [6, 6.07) is 11.6. The number of carboxylic acid groups (broad SMARTS) is 1. The van der Waals surface area contributed by atoms with Crippen molar-refractivity contribution < 1.29 is 14.3 Å². The molecule has 0 aliphatic carbocycles.